The Balaban J connectivity index is 1.75. The zero-order chi connectivity index (χ0) is 20.9. The van der Waals surface area contributed by atoms with Gasteiger partial charge in [-0.2, -0.15) is 0 Å². The number of hydrogen-bond donors (Lipinski definition) is 2. The van der Waals surface area contributed by atoms with Gasteiger partial charge in [-0.3, -0.25) is 4.79 Å². The molecule has 6 nitrogen and oxygen atoms in total. The van der Waals surface area contributed by atoms with Crippen molar-refractivity contribution < 1.29 is 19.1 Å². The highest BCUT2D eigenvalue weighted by molar-refractivity contribution is 5.96. The summed E-state index contributed by atoms with van der Waals surface area (Å²) in [4.78, 5) is 17.4. The van der Waals surface area contributed by atoms with Crippen LogP contribution >= 0.6 is 0 Å². The summed E-state index contributed by atoms with van der Waals surface area (Å²) in [5, 5.41) is 13.4. The molecule has 1 heterocycles. The summed E-state index contributed by atoms with van der Waals surface area (Å²) in [5.74, 6) is 0.475. The number of phenols is 1. The predicted octanol–water partition coefficient (Wildman–Crippen LogP) is 4.31. The average molecular weight is 400 g/mol. The topological polar surface area (TPSA) is 84.1 Å². The predicted molar refractivity (Wildman–Crippen MR) is 114 cm³/mol. The fraction of sp³-hybridized carbons (Fsp3) is 0.0833. The van der Waals surface area contributed by atoms with Crippen LogP contribution < -0.4 is 15.6 Å². The van der Waals surface area contributed by atoms with E-state index in [2.05, 4.69) is 10.3 Å². The number of nitrogens with one attached hydrogen (secondary N) is 1. The molecular weight excluding hydrogens is 380 g/mol. The van der Waals surface area contributed by atoms with Crippen LogP contribution in [0.15, 0.2) is 88.3 Å². The van der Waals surface area contributed by atoms with Crippen molar-refractivity contribution >= 4 is 22.6 Å². The molecule has 1 aromatic heterocycles. The lowest BCUT2D eigenvalue weighted by Crippen LogP contribution is -2.28. The normalized spacial score (nSPS) is 11.4. The molecule has 0 aliphatic heterocycles. The van der Waals surface area contributed by atoms with Crippen molar-refractivity contribution in [3.05, 3.63) is 95.5 Å². The molecule has 1 amide bonds. The third-order valence-corrected chi connectivity index (χ3v) is 4.58. The Morgan fingerprint density at radius 3 is 2.53 bits per heavy atom. The molecule has 30 heavy (non-hydrogen) atoms. The van der Waals surface area contributed by atoms with Crippen LogP contribution in [0.3, 0.4) is 0 Å². The minimum absolute atomic E-state index is 0.0722. The molecule has 0 radical (unpaired) electrons. The van der Waals surface area contributed by atoms with Crippen LogP contribution in [0.1, 0.15) is 15.9 Å². The van der Waals surface area contributed by atoms with Crippen molar-refractivity contribution in [1.29, 1.82) is 0 Å². The highest BCUT2D eigenvalue weighted by Crippen LogP contribution is 2.21. The molecule has 3 aromatic carbocycles. The lowest BCUT2D eigenvalue weighted by atomic mass is 10.1. The number of phenolic OH excluding ortho intramolecular Hbond substituents is 1. The van der Waals surface area contributed by atoms with Crippen LogP contribution in [-0.4, -0.2) is 18.1 Å². The summed E-state index contributed by atoms with van der Waals surface area (Å²) in [5.41, 5.74) is 2.49. The Kier molecular flexibility index (Phi) is 5.48. The van der Waals surface area contributed by atoms with Crippen molar-refractivity contribution in [2.75, 3.05) is 7.11 Å². The van der Waals surface area contributed by atoms with Gasteiger partial charge in [0.25, 0.3) is 5.91 Å². The largest absolute Gasteiger partial charge is 0.508 e. The Morgan fingerprint density at radius 1 is 1.03 bits per heavy atom. The van der Waals surface area contributed by atoms with Gasteiger partial charge in [-0.25, -0.2) is 4.99 Å². The van der Waals surface area contributed by atoms with Crippen LogP contribution in [0.2, 0.25) is 0 Å². The molecule has 150 valence electrons. The number of fused-ring (bicyclic) bond motifs is 1. The summed E-state index contributed by atoms with van der Waals surface area (Å²) in [6.07, 6.45) is 0. The maximum Gasteiger partial charge on any atom is 0.257 e. The minimum Gasteiger partial charge on any atom is -0.508 e. The molecule has 0 saturated carbocycles. The highest BCUT2D eigenvalue weighted by Gasteiger charge is 2.13. The van der Waals surface area contributed by atoms with Crippen molar-refractivity contribution in [1.82, 2.24) is 5.32 Å². The number of carbonyl (C=O) groups is 1. The first-order chi connectivity index (χ1) is 14.6. The number of carbonyl (C=O) groups excluding carboxylic acids is 1. The summed E-state index contributed by atoms with van der Waals surface area (Å²) in [6, 6.07) is 23.2. The van der Waals surface area contributed by atoms with Gasteiger partial charge in [-0.05, 0) is 48.0 Å². The van der Waals surface area contributed by atoms with Crippen molar-refractivity contribution in [3.63, 3.8) is 0 Å². The number of rotatable bonds is 5. The number of benzene rings is 3. The van der Waals surface area contributed by atoms with E-state index in [0.29, 0.717) is 34.5 Å². The Labute approximate surface area is 173 Å². The van der Waals surface area contributed by atoms with Crippen molar-refractivity contribution in [2.45, 2.75) is 6.54 Å². The maximum absolute atomic E-state index is 12.9. The summed E-state index contributed by atoms with van der Waals surface area (Å²) in [6.45, 7) is 0.384. The second kappa shape index (κ2) is 8.53. The number of aromatic hydroxyl groups is 1. The molecule has 0 bridgehead atoms. The summed E-state index contributed by atoms with van der Waals surface area (Å²) in [7, 11) is 1.59. The van der Waals surface area contributed by atoms with Crippen LogP contribution in [-0.2, 0) is 6.54 Å². The van der Waals surface area contributed by atoms with E-state index < -0.39 is 0 Å². The first kappa shape index (κ1) is 19.3. The lowest BCUT2D eigenvalue weighted by Gasteiger charge is -2.07. The molecule has 0 saturated heterocycles. The fourth-order valence-electron chi connectivity index (χ4n) is 3.00. The Morgan fingerprint density at radius 2 is 1.80 bits per heavy atom. The smallest absolute Gasteiger partial charge is 0.257 e. The third-order valence-electron chi connectivity index (χ3n) is 4.58. The third kappa shape index (κ3) is 4.33. The summed E-state index contributed by atoms with van der Waals surface area (Å²) >= 11 is 0. The van der Waals surface area contributed by atoms with E-state index in [1.807, 2.05) is 30.3 Å². The molecule has 0 spiro atoms. The van der Waals surface area contributed by atoms with Gasteiger partial charge in [0.15, 0.2) is 0 Å². The maximum atomic E-state index is 12.9. The second-order valence-electron chi connectivity index (χ2n) is 6.67. The van der Waals surface area contributed by atoms with Crippen LogP contribution in [0.5, 0.6) is 11.5 Å². The first-order valence-corrected chi connectivity index (χ1v) is 9.40. The molecule has 0 aliphatic rings. The molecule has 2 N–H and O–H groups in total. The van der Waals surface area contributed by atoms with Gasteiger partial charge in [0.05, 0.1) is 12.8 Å². The van der Waals surface area contributed by atoms with E-state index in [0.717, 1.165) is 5.56 Å². The number of hydrogen-bond acceptors (Lipinski definition) is 5. The van der Waals surface area contributed by atoms with Crippen LogP contribution in [0, 0.1) is 0 Å². The molecule has 0 fully saturated rings. The van der Waals surface area contributed by atoms with E-state index in [1.165, 1.54) is 6.07 Å². The molecule has 6 heteroatoms. The van der Waals surface area contributed by atoms with Crippen molar-refractivity contribution in [3.8, 4) is 11.5 Å². The Hall–Kier alpha value is -4.06. The Bertz CT molecular complexity index is 1250. The van der Waals surface area contributed by atoms with Gasteiger partial charge in [0.1, 0.15) is 22.6 Å². The van der Waals surface area contributed by atoms with E-state index in [4.69, 9.17) is 9.15 Å². The van der Waals surface area contributed by atoms with Gasteiger partial charge in [-0.15, -0.1) is 0 Å². The van der Waals surface area contributed by atoms with E-state index in [1.54, 1.807) is 49.6 Å². The molecule has 0 aliphatic carbocycles. The lowest BCUT2D eigenvalue weighted by molar-refractivity contribution is 0.0947. The van der Waals surface area contributed by atoms with Crippen LogP contribution in [0.4, 0.5) is 5.69 Å². The zero-order valence-corrected chi connectivity index (χ0v) is 16.3. The minimum atomic E-state index is -0.301. The highest BCUT2D eigenvalue weighted by atomic mass is 16.5. The number of ether oxygens (including phenoxy) is 1. The van der Waals surface area contributed by atoms with E-state index in [9.17, 15) is 9.90 Å². The molecule has 4 rings (SSSR count). The number of nitrogens with zero attached hydrogens (tertiary/aromatic N) is 1. The van der Waals surface area contributed by atoms with E-state index >= 15 is 0 Å². The fourth-order valence-corrected chi connectivity index (χ4v) is 3.00. The number of methoxy groups -OCH3 is 1. The molecular formula is C24H20N2O4. The number of amides is 1. The average Bonchev–Trinajstić information content (AvgIpc) is 2.78. The second-order valence-corrected chi connectivity index (χ2v) is 6.67. The van der Waals surface area contributed by atoms with Gasteiger partial charge >= 0.3 is 0 Å². The summed E-state index contributed by atoms with van der Waals surface area (Å²) < 4.78 is 11.1. The van der Waals surface area contributed by atoms with Gasteiger partial charge in [0.2, 0.25) is 5.55 Å². The SMILES string of the molecule is COc1ccc(N=c2oc3cc(O)ccc3cc2C(=O)NCc2ccccc2)cc1. The van der Waals surface area contributed by atoms with E-state index in [-0.39, 0.29) is 17.2 Å². The first-order valence-electron chi connectivity index (χ1n) is 9.40. The molecule has 0 unspecified atom stereocenters. The molecule has 4 aromatic rings. The van der Waals surface area contributed by atoms with Gasteiger partial charge in [-0.1, -0.05) is 30.3 Å². The zero-order valence-electron chi connectivity index (χ0n) is 16.3. The molecule has 0 atom stereocenters. The van der Waals surface area contributed by atoms with Gasteiger partial charge < -0.3 is 19.6 Å². The van der Waals surface area contributed by atoms with Gasteiger partial charge in [0, 0.05) is 18.0 Å². The quantitative estimate of drug-likeness (QED) is 0.523. The van der Waals surface area contributed by atoms with Crippen LogP contribution in [0.25, 0.3) is 11.0 Å². The van der Waals surface area contributed by atoms with Crippen molar-refractivity contribution in [2.24, 2.45) is 4.99 Å². The monoisotopic (exact) mass is 400 g/mol. The standard InChI is InChI=1S/C24H20N2O4/c1-29-20-11-8-18(9-12-20)26-24-21(13-17-7-10-19(27)14-22(17)30-24)23(28)25-15-16-5-3-2-4-6-16/h2-14,27H,15H2,1H3,(H,25,28).